The van der Waals surface area contributed by atoms with Gasteiger partial charge in [-0.15, -0.1) is 0 Å². The lowest BCUT2D eigenvalue weighted by molar-refractivity contribution is 0.769. The highest BCUT2D eigenvalue weighted by Gasteiger charge is 2.47. The first-order valence-corrected chi connectivity index (χ1v) is 18.0. The Morgan fingerprint density at radius 1 is 0.415 bits per heavy atom. The molecule has 2 heteroatoms. The SMILES string of the molecule is N#Cc1cc(-c2cccc(-c3cc4c(c5ccccc35)-c3ccc(-c5ccc6ccccc6c5)cc3C4(c3ccccc3)c3ccccc3)c2)ccn1. The molecule has 1 aliphatic rings. The Morgan fingerprint density at radius 3 is 1.81 bits per heavy atom. The summed E-state index contributed by atoms with van der Waals surface area (Å²) in [4.78, 5) is 4.22. The van der Waals surface area contributed by atoms with Crippen molar-refractivity contribution in [1.29, 1.82) is 5.26 Å². The van der Waals surface area contributed by atoms with Crippen molar-refractivity contribution in [2.75, 3.05) is 0 Å². The van der Waals surface area contributed by atoms with E-state index in [0.717, 1.165) is 16.7 Å². The molecule has 246 valence electrons. The molecule has 0 amide bonds. The molecular formula is C51H32N2. The predicted molar refractivity (Wildman–Crippen MR) is 218 cm³/mol. The van der Waals surface area contributed by atoms with Gasteiger partial charge in [0.1, 0.15) is 11.8 Å². The van der Waals surface area contributed by atoms with Crippen LogP contribution in [0.15, 0.2) is 194 Å². The minimum atomic E-state index is -0.580. The van der Waals surface area contributed by atoms with E-state index in [9.17, 15) is 5.26 Å². The maximum atomic E-state index is 9.57. The molecule has 0 unspecified atom stereocenters. The number of hydrogen-bond acceptors (Lipinski definition) is 2. The molecule has 0 bridgehead atoms. The van der Waals surface area contributed by atoms with Crippen molar-refractivity contribution in [1.82, 2.24) is 4.98 Å². The highest BCUT2D eigenvalue weighted by atomic mass is 14.7. The second kappa shape index (κ2) is 12.3. The van der Waals surface area contributed by atoms with Crippen molar-refractivity contribution in [2.45, 2.75) is 5.41 Å². The monoisotopic (exact) mass is 672 g/mol. The Kier molecular flexibility index (Phi) is 7.13. The van der Waals surface area contributed by atoms with Crippen LogP contribution in [-0.4, -0.2) is 4.98 Å². The lowest BCUT2D eigenvalue weighted by Gasteiger charge is -2.34. The third kappa shape index (κ3) is 4.83. The number of hydrogen-bond donors (Lipinski definition) is 0. The van der Waals surface area contributed by atoms with Crippen molar-refractivity contribution in [3.05, 3.63) is 222 Å². The summed E-state index contributed by atoms with van der Waals surface area (Å²) in [5.74, 6) is 0. The first kappa shape index (κ1) is 30.7. The maximum Gasteiger partial charge on any atom is 0.141 e. The third-order valence-corrected chi connectivity index (χ3v) is 11.0. The van der Waals surface area contributed by atoms with Gasteiger partial charge in [0.25, 0.3) is 0 Å². The molecule has 0 N–H and O–H groups in total. The molecule has 1 aromatic heterocycles. The van der Waals surface area contributed by atoms with Gasteiger partial charge in [-0.1, -0.05) is 152 Å². The van der Waals surface area contributed by atoms with E-state index < -0.39 is 5.41 Å². The normalized spacial score (nSPS) is 12.7. The van der Waals surface area contributed by atoms with Crippen LogP contribution in [0.25, 0.3) is 66.1 Å². The summed E-state index contributed by atoms with van der Waals surface area (Å²) < 4.78 is 0. The molecule has 1 heterocycles. The van der Waals surface area contributed by atoms with Crippen LogP contribution in [0.2, 0.25) is 0 Å². The van der Waals surface area contributed by atoms with Gasteiger partial charge in [-0.05, 0) is 125 Å². The predicted octanol–water partition coefficient (Wildman–Crippen LogP) is 12.6. The third-order valence-electron chi connectivity index (χ3n) is 11.0. The van der Waals surface area contributed by atoms with E-state index in [-0.39, 0.29) is 0 Å². The van der Waals surface area contributed by atoms with Crippen molar-refractivity contribution in [3.63, 3.8) is 0 Å². The molecule has 0 saturated heterocycles. The number of aromatic nitrogens is 1. The summed E-state index contributed by atoms with van der Waals surface area (Å²) in [7, 11) is 0. The Bertz CT molecular complexity index is 2860. The van der Waals surface area contributed by atoms with Crippen LogP contribution < -0.4 is 0 Å². The molecular weight excluding hydrogens is 641 g/mol. The zero-order valence-electron chi connectivity index (χ0n) is 28.9. The molecule has 0 atom stereocenters. The fourth-order valence-electron chi connectivity index (χ4n) is 8.67. The van der Waals surface area contributed by atoms with Crippen LogP contribution in [0, 0.1) is 11.3 Å². The fraction of sp³-hybridized carbons (Fsp3) is 0.0196. The number of benzene rings is 8. The van der Waals surface area contributed by atoms with Crippen molar-refractivity contribution >= 4 is 21.5 Å². The van der Waals surface area contributed by atoms with E-state index in [2.05, 4.69) is 187 Å². The number of rotatable bonds is 5. The molecule has 1 aliphatic carbocycles. The zero-order chi connectivity index (χ0) is 35.4. The maximum absolute atomic E-state index is 9.57. The summed E-state index contributed by atoms with van der Waals surface area (Å²) in [6.45, 7) is 0. The van der Waals surface area contributed by atoms with Gasteiger partial charge in [-0.2, -0.15) is 5.26 Å². The van der Waals surface area contributed by atoms with E-state index in [1.807, 2.05) is 12.1 Å². The summed E-state index contributed by atoms with van der Waals surface area (Å²) in [5.41, 5.74) is 14.1. The summed E-state index contributed by atoms with van der Waals surface area (Å²) >= 11 is 0. The summed E-state index contributed by atoms with van der Waals surface area (Å²) in [6.07, 6.45) is 1.71. The minimum absolute atomic E-state index is 0.409. The largest absolute Gasteiger partial charge is 0.246 e. The van der Waals surface area contributed by atoms with Gasteiger partial charge in [0, 0.05) is 6.20 Å². The first-order valence-electron chi connectivity index (χ1n) is 18.0. The molecule has 8 aromatic carbocycles. The Balaban J connectivity index is 1.29. The zero-order valence-corrected chi connectivity index (χ0v) is 28.9. The molecule has 9 aromatic rings. The summed E-state index contributed by atoms with van der Waals surface area (Å²) in [5, 5.41) is 14.5. The van der Waals surface area contributed by atoms with Crippen LogP contribution in [0.3, 0.4) is 0 Å². The Labute approximate surface area is 308 Å². The van der Waals surface area contributed by atoms with Crippen LogP contribution in [-0.2, 0) is 5.41 Å². The highest BCUT2D eigenvalue weighted by molar-refractivity contribution is 6.10. The van der Waals surface area contributed by atoms with Gasteiger partial charge in [0.15, 0.2) is 0 Å². The first-order chi connectivity index (χ1) is 26.2. The minimum Gasteiger partial charge on any atom is -0.246 e. The second-order valence-electron chi connectivity index (χ2n) is 13.8. The van der Waals surface area contributed by atoms with Crippen LogP contribution in [0.1, 0.15) is 27.9 Å². The molecule has 2 nitrogen and oxygen atoms in total. The van der Waals surface area contributed by atoms with Crippen LogP contribution >= 0.6 is 0 Å². The van der Waals surface area contributed by atoms with E-state index in [4.69, 9.17) is 0 Å². The van der Waals surface area contributed by atoms with Gasteiger partial charge in [0.05, 0.1) is 5.41 Å². The van der Waals surface area contributed by atoms with E-state index in [1.165, 1.54) is 71.6 Å². The average molecular weight is 673 g/mol. The lowest BCUT2D eigenvalue weighted by atomic mass is 9.67. The van der Waals surface area contributed by atoms with Crippen LogP contribution in [0.4, 0.5) is 0 Å². The Hall–Kier alpha value is -7.08. The fourth-order valence-corrected chi connectivity index (χ4v) is 8.67. The van der Waals surface area contributed by atoms with Crippen molar-refractivity contribution in [3.8, 4) is 50.6 Å². The standard InChI is InChI=1S/C51H32N2/c52-33-43-30-39(26-27-53-43)36-14-11-15-40(29-36)47-32-49-50(45-21-10-9-20-44(45)47)46-25-24-38(37-23-22-34-12-7-8-13-35(34)28-37)31-48(46)51(49,41-16-3-1-4-17-41)42-18-5-2-6-19-42/h1-32H. The smallest absolute Gasteiger partial charge is 0.141 e. The average Bonchev–Trinajstić information content (AvgIpc) is 3.54. The molecule has 0 aliphatic heterocycles. The Morgan fingerprint density at radius 2 is 1.04 bits per heavy atom. The van der Waals surface area contributed by atoms with Crippen molar-refractivity contribution in [2.24, 2.45) is 0 Å². The van der Waals surface area contributed by atoms with E-state index >= 15 is 0 Å². The highest BCUT2D eigenvalue weighted by Crippen LogP contribution is 2.59. The molecule has 0 spiro atoms. The summed E-state index contributed by atoms with van der Waals surface area (Å²) in [6, 6.07) is 70.6. The quantitative estimate of drug-likeness (QED) is 0.182. The topological polar surface area (TPSA) is 36.7 Å². The van der Waals surface area contributed by atoms with Gasteiger partial charge >= 0.3 is 0 Å². The van der Waals surface area contributed by atoms with Gasteiger partial charge in [-0.25, -0.2) is 4.98 Å². The molecule has 0 radical (unpaired) electrons. The number of nitrogens with zero attached hydrogens (tertiary/aromatic N) is 2. The van der Waals surface area contributed by atoms with Gasteiger partial charge in [-0.3, -0.25) is 0 Å². The number of pyridine rings is 1. The van der Waals surface area contributed by atoms with Gasteiger partial charge in [0.2, 0.25) is 0 Å². The van der Waals surface area contributed by atoms with Crippen LogP contribution in [0.5, 0.6) is 0 Å². The van der Waals surface area contributed by atoms with E-state index in [1.54, 1.807) is 6.20 Å². The molecule has 0 fully saturated rings. The second-order valence-corrected chi connectivity index (χ2v) is 13.8. The number of fused-ring (bicyclic) bond motifs is 6. The van der Waals surface area contributed by atoms with Gasteiger partial charge < -0.3 is 0 Å². The lowest BCUT2D eigenvalue weighted by Crippen LogP contribution is -2.28. The molecule has 10 rings (SSSR count). The van der Waals surface area contributed by atoms with E-state index in [0.29, 0.717) is 5.69 Å². The van der Waals surface area contributed by atoms with Crippen molar-refractivity contribution < 1.29 is 0 Å². The molecule has 0 saturated carbocycles. The molecule has 53 heavy (non-hydrogen) atoms. The number of nitriles is 1.